The molecule has 0 N–H and O–H groups in total. The Hall–Kier alpha value is -2.26. The summed E-state index contributed by atoms with van der Waals surface area (Å²) in [6.45, 7) is 6.39. The van der Waals surface area contributed by atoms with Gasteiger partial charge >= 0.3 is 0 Å². The van der Waals surface area contributed by atoms with Gasteiger partial charge in [-0.2, -0.15) is 0 Å². The number of oxazole rings is 1. The van der Waals surface area contributed by atoms with E-state index < -0.39 is 0 Å². The fourth-order valence-electron chi connectivity index (χ4n) is 2.51. The molecule has 0 saturated heterocycles. The Morgan fingerprint density at radius 1 is 0.957 bits per heavy atom. The van der Waals surface area contributed by atoms with Gasteiger partial charge in [-0.05, 0) is 49.8 Å². The summed E-state index contributed by atoms with van der Waals surface area (Å²) >= 11 is 0. The van der Waals surface area contributed by atoms with Crippen LogP contribution in [0.4, 0.5) is 5.69 Å². The summed E-state index contributed by atoms with van der Waals surface area (Å²) in [7, 11) is 0. The Bertz CT molecular complexity index is 740. The molecule has 3 nitrogen and oxygen atoms in total. The summed E-state index contributed by atoms with van der Waals surface area (Å²) in [4.78, 5) is 6.77. The largest absolute Gasteiger partial charge is 0.437 e. The molecule has 0 unspecified atom stereocenters. The van der Waals surface area contributed by atoms with Gasteiger partial charge in [0, 0.05) is 24.9 Å². The topological polar surface area (TPSA) is 29.3 Å². The Kier molecular flexibility index (Phi) is 5.83. The molecular weight excluding hydrogens is 308 g/mol. The molecule has 3 aromatic rings. The number of hydrogen-bond acceptors (Lipinski definition) is 3. The standard InChI is InChI=1S/C19H20N2O.ClH/c1-3-21(4-2)16-12-9-15(10-13-16)11-14-19-20-17-7-5-6-8-18(17)22-19;/h5-14H,3-4H2,1-2H3;1H. The van der Waals surface area contributed by atoms with Crippen molar-refractivity contribution in [3.63, 3.8) is 0 Å². The lowest BCUT2D eigenvalue weighted by Gasteiger charge is -2.20. The summed E-state index contributed by atoms with van der Waals surface area (Å²) < 4.78 is 5.68. The number of aromatic nitrogens is 1. The number of anilines is 1. The first-order chi connectivity index (χ1) is 10.8. The van der Waals surface area contributed by atoms with Crippen molar-refractivity contribution in [2.24, 2.45) is 0 Å². The molecule has 0 aliphatic carbocycles. The first-order valence-electron chi connectivity index (χ1n) is 7.69. The van der Waals surface area contributed by atoms with E-state index in [1.54, 1.807) is 0 Å². The number of halogens is 1. The zero-order chi connectivity index (χ0) is 15.4. The molecule has 1 heterocycles. The fraction of sp³-hybridized carbons (Fsp3) is 0.211. The van der Waals surface area contributed by atoms with Crippen LogP contribution in [0.5, 0.6) is 0 Å². The zero-order valence-corrected chi connectivity index (χ0v) is 14.2. The van der Waals surface area contributed by atoms with Crippen molar-refractivity contribution in [3.8, 4) is 0 Å². The van der Waals surface area contributed by atoms with Crippen LogP contribution in [0.25, 0.3) is 23.3 Å². The molecule has 0 aliphatic rings. The van der Waals surface area contributed by atoms with Gasteiger partial charge in [0.15, 0.2) is 5.58 Å². The minimum absolute atomic E-state index is 0. The number of fused-ring (bicyclic) bond motifs is 1. The van der Waals surface area contributed by atoms with E-state index in [2.05, 4.69) is 48.0 Å². The van der Waals surface area contributed by atoms with E-state index in [0.717, 1.165) is 29.8 Å². The molecular formula is C19H21ClN2O. The lowest BCUT2D eigenvalue weighted by molar-refractivity contribution is 0.590. The van der Waals surface area contributed by atoms with Crippen LogP contribution in [0.2, 0.25) is 0 Å². The van der Waals surface area contributed by atoms with E-state index in [4.69, 9.17) is 4.42 Å². The molecule has 0 spiro atoms. The second-order valence-corrected chi connectivity index (χ2v) is 5.12. The first kappa shape index (κ1) is 17.1. The highest BCUT2D eigenvalue weighted by Crippen LogP contribution is 2.18. The predicted octanol–water partition coefficient (Wildman–Crippen LogP) is 5.27. The maximum absolute atomic E-state index is 5.68. The van der Waals surface area contributed by atoms with Crippen LogP contribution in [0.1, 0.15) is 25.3 Å². The van der Waals surface area contributed by atoms with Crippen LogP contribution in [-0.4, -0.2) is 18.1 Å². The summed E-state index contributed by atoms with van der Waals surface area (Å²) in [6, 6.07) is 16.3. The van der Waals surface area contributed by atoms with Gasteiger partial charge in [-0.25, -0.2) is 4.98 Å². The average Bonchev–Trinajstić information content (AvgIpc) is 2.98. The third kappa shape index (κ3) is 3.93. The quantitative estimate of drug-likeness (QED) is 0.639. The molecule has 120 valence electrons. The summed E-state index contributed by atoms with van der Waals surface area (Å²) in [5.74, 6) is 0.633. The van der Waals surface area contributed by atoms with Gasteiger partial charge in [0.25, 0.3) is 0 Å². The fourth-order valence-corrected chi connectivity index (χ4v) is 2.51. The Morgan fingerprint density at radius 2 is 1.65 bits per heavy atom. The number of para-hydroxylation sites is 2. The van der Waals surface area contributed by atoms with Gasteiger partial charge in [0.1, 0.15) is 5.52 Å². The van der Waals surface area contributed by atoms with Crippen molar-refractivity contribution in [3.05, 3.63) is 60.0 Å². The number of nitrogens with zero attached hydrogens (tertiary/aromatic N) is 2. The van der Waals surface area contributed by atoms with E-state index in [1.165, 1.54) is 5.69 Å². The maximum atomic E-state index is 5.68. The summed E-state index contributed by atoms with van der Waals surface area (Å²) in [5.41, 5.74) is 4.10. The van der Waals surface area contributed by atoms with E-state index in [1.807, 2.05) is 36.4 Å². The monoisotopic (exact) mass is 328 g/mol. The third-order valence-electron chi connectivity index (χ3n) is 3.75. The van der Waals surface area contributed by atoms with E-state index in [0.29, 0.717) is 5.89 Å². The predicted molar refractivity (Wildman–Crippen MR) is 100 cm³/mol. The van der Waals surface area contributed by atoms with E-state index >= 15 is 0 Å². The highest BCUT2D eigenvalue weighted by Gasteiger charge is 2.02. The molecule has 2 aromatic carbocycles. The minimum atomic E-state index is 0. The van der Waals surface area contributed by atoms with Gasteiger partial charge in [0.05, 0.1) is 0 Å². The van der Waals surface area contributed by atoms with Crippen molar-refractivity contribution >= 4 is 41.3 Å². The molecule has 0 amide bonds. The van der Waals surface area contributed by atoms with Crippen molar-refractivity contribution in [1.29, 1.82) is 0 Å². The molecule has 0 fully saturated rings. The zero-order valence-electron chi connectivity index (χ0n) is 13.4. The van der Waals surface area contributed by atoms with Crippen molar-refractivity contribution in [2.75, 3.05) is 18.0 Å². The average molecular weight is 329 g/mol. The van der Waals surface area contributed by atoms with Crippen molar-refractivity contribution in [1.82, 2.24) is 4.98 Å². The molecule has 0 saturated carbocycles. The Morgan fingerprint density at radius 3 is 2.30 bits per heavy atom. The van der Waals surface area contributed by atoms with Gasteiger partial charge in [-0.3, -0.25) is 0 Å². The minimum Gasteiger partial charge on any atom is -0.437 e. The van der Waals surface area contributed by atoms with Crippen LogP contribution >= 0.6 is 12.4 Å². The van der Waals surface area contributed by atoms with Gasteiger partial charge < -0.3 is 9.32 Å². The van der Waals surface area contributed by atoms with Gasteiger partial charge in [-0.1, -0.05) is 24.3 Å². The Labute approximate surface area is 143 Å². The van der Waals surface area contributed by atoms with Crippen LogP contribution < -0.4 is 4.90 Å². The molecule has 0 atom stereocenters. The van der Waals surface area contributed by atoms with Gasteiger partial charge in [-0.15, -0.1) is 12.4 Å². The molecule has 1 aromatic heterocycles. The first-order valence-corrected chi connectivity index (χ1v) is 7.69. The molecule has 23 heavy (non-hydrogen) atoms. The van der Waals surface area contributed by atoms with E-state index in [9.17, 15) is 0 Å². The Balaban J connectivity index is 0.00000192. The van der Waals surface area contributed by atoms with Crippen molar-refractivity contribution in [2.45, 2.75) is 13.8 Å². The lowest BCUT2D eigenvalue weighted by Crippen LogP contribution is -2.21. The maximum Gasteiger partial charge on any atom is 0.220 e. The SMILES string of the molecule is CCN(CC)c1ccc(C=Cc2nc3ccccc3o2)cc1.Cl. The number of rotatable bonds is 5. The van der Waals surface area contributed by atoms with Gasteiger partial charge in [0.2, 0.25) is 5.89 Å². The smallest absolute Gasteiger partial charge is 0.220 e. The van der Waals surface area contributed by atoms with E-state index in [-0.39, 0.29) is 12.4 Å². The molecule has 4 heteroatoms. The molecule has 0 radical (unpaired) electrons. The highest BCUT2D eigenvalue weighted by molar-refractivity contribution is 5.85. The molecule has 0 aliphatic heterocycles. The number of hydrogen-bond donors (Lipinski definition) is 0. The number of benzene rings is 2. The van der Waals surface area contributed by atoms with Crippen LogP contribution in [0, 0.1) is 0 Å². The van der Waals surface area contributed by atoms with Crippen LogP contribution in [0.15, 0.2) is 52.9 Å². The normalized spacial score (nSPS) is 10.9. The lowest BCUT2D eigenvalue weighted by atomic mass is 10.2. The van der Waals surface area contributed by atoms with Crippen LogP contribution in [-0.2, 0) is 0 Å². The third-order valence-corrected chi connectivity index (χ3v) is 3.75. The summed E-state index contributed by atoms with van der Waals surface area (Å²) in [5, 5.41) is 0. The van der Waals surface area contributed by atoms with Crippen molar-refractivity contribution < 1.29 is 4.42 Å². The van der Waals surface area contributed by atoms with Crippen LogP contribution in [0.3, 0.4) is 0 Å². The summed E-state index contributed by atoms with van der Waals surface area (Å²) in [6.07, 6.45) is 3.93. The molecule has 0 bridgehead atoms. The highest BCUT2D eigenvalue weighted by atomic mass is 35.5. The second-order valence-electron chi connectivity index (χ2n) is 5.12. The molecule has 3 rings (SSSR count). The second kappa shape index (κ2) is 7.84.